The van der Waals surface area contributed by atoms with Crippen molar-refractivity contribution in [1.29, 1.82) is 0 Å². The Bertz CT molecular complexity index is 1390. The first-order valence-electron chi connectivity index (χ1n) is 14.1. The van der Waals surface area contributed by atoms with Gasteiger partial charge in [0.25, 0.3) is 5.91 Å². The Labute approximate surface area is 242 Å². The van der Waals surface area contributed by atoms with Crippen LogP contribution >= 0.6 is 0 Å². The summed E-state index contributed by atoms with van der Waals surface area (Å²) in [6.07, 6.45) is 0. The maximum absolute atomic E-state index is 14.2. The standard InChI is InChI=1S/C33H39N3O5/c1-22-10-6-8-12-25(22)32(37)36-20-26(24-18-29(39-3)31(41-5)30(19-24)40-4)27(21-36)33(38)35-16-14-34(15-17-35)28-13-9-7-11-23(28)2/h6-13,18-19,26-27H,14-17,20-21H2,1-5H3. The van der Waals surface area contributed by atoms with Gasteiger partial charge in [0.2, 0.25) is 11.7 Å². The molecule has 3 aromatic carbocycles. The van der Waals surface area contributed by atoms with Crippen molar-refractivity contribution in [1.82, 2.24) is 9.80 Å². The zero-order valence-electron chi connectivity index (χ0n) is 24.6. The molecule has 2 aliphatic rings. The molecule has 5 rings (SSSR count). The molecule has 2 saturated heterocycles. The van der Waals surface area contributed by atoms with Crippen LogP contribution < -0.4 is 19.1 Å². The lowest BCUT2D eigenvalue weighted by Gasteiger charge is -2.38. The molecule has 8 nitrogen and oxygen atoms in total. The van der Waals surface area contributed by atoms with Gasteiger partial charge in [-0.1, -0.05) is 36.4 Å². The molecule has 0 bridgehead atoms. The van der Waals surface area contributed by atoms with Crippen LogP contribution in [0, 0.1) is 19.8 Å². The van der Waals surface area contributed by atoms with E-state index in [2.05, 4.69) is 30.0 Å². The van der Waals surface area contributed by atoms with Gasteiger partial charge >= 0.3 is 0 Å². The highest BCUT2D eigenvalue weighted by Gasteiger charge is 2.43. The molecule has 2 fully saturated rings. The Kier molecular flexibility index (Phi) is 8.38. The summed E-state index contributed by atoms with van der Waals surface area (Å²) in [7, 11) is 4.74. The largest absolute Gasteiger partial charge is 0.493 e. The molecule has 0 aromatic heterocycles. The number of hydrogen-bond acceptors (Lipinski definition) is 6. The van der Waals surface area contributed by atoms with Gasteiger partial charge in [-0.2, -0.15) is 0 Å². The predicted octanol–water partition coefficient (Wildman–Crippen LogP) is 4.53. The van der Waals surface area contributed by atoms with E-state index in [1.54, 1.807) is 21.3 Å². The molecule has 0 spiro atoms. The first-order chi connectivity index (χ1) is 19.9. The average Bonchev–Trinajstić information content (AvgIpc) is 3.46. The Hall–Kier alpha value is -4.20. The zero-order valence-corrected chi connectivity index (χ0v) is 24.6. The molecule has 2 atom stereocenters. The Balaban J connectivity index is 1.43. The van der Waals surface area contributed by atoms with Gasteiger partial charge in [-0.05, 0) is 54.8 Å². The van der Waals surface area contributed by atoms with Gasteiger partial charge in [0.1, 0.15) is 0 Å². The lowest BCUT2D eigenvalue weighted by atomic mass is 9.87. The van der Waals surface area contributed by atoms with Crippen molar-refractivity contribution in [3.05, 3.63) is 82.9 Å². The number of hydrogen-bond donors (Lipinski definition) is 0. The average molecular weight is 558 g/mol. The number of piperazine rings is 1. The fourth-order valence-electron chi connectivity index (χ4n) is 6.18. The molecule has 0 aliphatic carbocycles. The molecule has 2 aliphatic heterocycles. The third kappa shape index (κ3) is 5.56. The van der Waals surface area contributed by atoms with E-state index in [9.17, 15) is 9.59 Å². The molecule has 2 amide bonds. The molecule has 0 saturated carbocycles. The van der Waals surface area contributed by atoms with Crippen LogP contribution in [-0.2, 0) is 4.79 Å². The number of benzene rings is 3. The number of aryl methyl sites for hydroxylation is 2. The van der Waals surface area contributed by atoms with Crippen molar-refractivity contribution in [2.24, 2.45) is 5.92 Å². The number of methoxy groups -OCH3 is 3. The van der Waals surface area contributed by atoms with E-state index >= 15 is 0 Å². The molecule has 2 heterocycles. The second-order valence-corrected chi connectivity index (χ2v) is 10.8. The van der Waals surface area contributed by atoms with Crippen LogP contribution in [0.3, 0.4) is 0 Å². The number of amides is 2. The van der Waals surface area contributed by atoms with E-state index in [1.807, 2.05) is 59.2 Å². The molecule has 216 valence electrons. The van der Waals surface area contributed by atoms with Crippen molar-refractivity contribution >= 4 is 17.5 Å². The van der Waals surface area contributed by atoms with Crippen LogP contribution in [0.15, 0.2) is 60.7 Å². The smallest absolute Gasteiger partial charge is 0.254 e. The Morgan fingerprint density at radius 1 is 0.732 bits per heavy atom. The van der Waals surface area contributed by atoms with E-state index in [0.29, 0.717) is 49.0 Å². The second-order valence-electron chi connectivity index (χ2n) is 10.8. The summed E-state index contributed by atoms with van der Waals surface area (Å²) in [5.41, 5.74) is 4.91. The van der Waals surface area contributed by atoms with Crippen molar-refractivity contribution in [3.8, 4) is 17.2 Å². The minimum absolute atomic E-state index is 0.0554. The number of carbonyl (C=O) groups is 2. The highest BCUT2D eigenvalue weighted by atomic mass is 16.5. The van der Waals surface area contributed by atoms with Gasteiger partial charge in [-0.3, -0.25) is 9.59 Å². The van der Waals surface area contributed by atoms with Crippen LogP contribution in [0.1, 0.15) is 33.0 Å². The molecule has 2 unspecified atom stereocenters. The molecule has 0 radical (unpaired) electrons. The van der Waals surface area contributed by atoms with Gasteiger partial charge in [0, 0.05) is 56.4 Å². The number of rotatable bonds is 7. The fraction of sp³-hybridized carbons (Fsp3) is 0.394. The number of ether oxygens (including phenoxy) is 3. The highest BCUT2D eigenvalue weighted by molar-refractivity contribution is 5.96. The molecule has 0 N–H and O–H groups in total. The summed E-state index contributed by atoms with van der Waals surface area (Å²) in [5, 5.41) is 0. The van der Waals surface area contributed by atoms with E-state index in [-0.39, 0.29) is 17.7 Å². The maximum atomic E-state index is 14.2. The maximum Gasteiger partial charge on any atom is 0.254 e. The molecule has 3 aromatic rings. The van der Waals surface area contributed by atoms with Crippen LogP contribution in [0.4, 0.5) is 5.69 Å². The predicted molar refractivity (Wildman–Crippen MR) is 159 cm³/mol. The molecule has 41 heavy (non-hydrogen) atoms. The summed E-state index contributed by atoms with van der Waals surface area (Å²) in [4.78, 5) is 34.0. The van der Waals surface area contributed by atoms with E-state index in [4.69, 9.17) is 14.2 Å². The number of para-hydroxylation sites is 1. The molecule has 8 heteroatoms. The quantitative estimate of drug-likeness (QED) is 0.425. The minimum atomic E-state index is -0.393. The third-order valence-electron chi connectivity index (χ3n) is 8.46. The van der Waals surface area contributed by atoms with Crippen molar-refractivity contribution in [2.75, 3.05) is 65.5 Å². The van der Waals surface area contributed by atoms with Crippen LogP contribution in [0.25, 0.3) is 0 Å². The lowest BCUT2D eigenvalue weighted by Crippen LogP contribution is -2.51. The van der Waals surface area contributed by atoms with Gasteiger partial charge < -0.3 is 28.9 Å². The summed E-state index contributed by atoms with van der Waals surface area (Å²) in [5.74, 6) is 0.967. The summed E-state index contributed by atoms with van der Waals surface area (Å²) >= 11 is 0. The SMILES string of the molecule is COc1cc(C2CN(C(=O)c3ccccc3C)CC2C(=O)N2CCN(c3ccccc3C)CC2)cc(OC)c1OC. The molecular weight excluding hydrogens is 518 g/mol. The summed E-state index contributed by atoms with van der Waals surface area (Å²) < 4.78 is 16.8. The highest BCUT2D eigenvalue weighted by Crippen LogP contribution is 2.44. The van der Waals surface area contributed by atoms with Gasteiger partial charge in [0.15, 0.2) is 11.5 Å². The second kappa shape index (κ2) is 12.1. The number of likely N-dealkylation sites (tertiary alicyclic amines) is 1. The first kappa shape index (κ1) is 28.3. The minimum Gasteiger partial charge on any atom is -0.493 e. The monoisotopic (exact) mass is 557 g/mol. The van der Waals surface area contributed by atoms with Crippen LogP contribution in [-0.4, -0.2) is 82.2 Å². The Morgan fingerprint density at radius 3 is 1.93 bits per heavy atom. The zero-order chi connectivity index (χ0) is 29.1. The van der Waals surface area contributed by atoms with E-state index < -0.39 is 5.92 Å². The van der Waals surface area contributed by atoms with Gasteiger partial charge in [-0.25, -0.2) is 0 Å². The molecular formula is C33H39N3O5. The van der Waals surface area contributed by atoms with E-state index in [1.165, 1.54) is 11.3 Å². The summed E-state index contributed by atoms with van der Waals surface area (Å²) in [6, 6.07) is 19.8. The topological polar surface area (TPSA) is 71.6 Å². The number of anilines is 1. The fourth-order valence-corrected chi connectivity index (χ4v) is 6.18. The van der Waals surface area contributed by atoms with Gasteiger partial charge in [0.05, 0.1) is 27.2 Å². The normalized spacial score (nSPS) is 18.8. The van der Waals surface area contributed by atoms with Crippen molar-refractivity contribution < 1.29 is 23.8 Å². The van der Waals surface area contributed by atoms with Crippen molar-refractivity contribution in [2.45, 2.75) is 19.8 Å². The van der Waals surface area contributed by atoms with Crippen LogP contribution in [0.5, 0.6) is 17.2 Å². The van der Waals surface area contributed by atoms with Crippen LogP contribution in [0.2, 0.25) is 0 Å². The summed E-state index contributed by atoms with van der Waals surface area (Å²) in [6.45, 7) is 7.64. The van der Waals surface area contributed by atoms with E-state index in [0.717, 1.165) is 24.2 Å². The van der Waals surface area contributed by atoms with Crippen molar-refractivity contribution in [3.63, 3.8) is 0 Å². The number of carbonyl (C=O) groups excluding carboxylic acids is 2. The lowest BCUT2D eigenvalue weighted by molar-refractivity contribution is -0.135. The first-order valence-corrected chi connectivity index (χ1v) is 14.1. The third-order valence-corrected chi connectivity index (χ3v) is 8.46. The Morgan fingerprint density at radius 2 is 1.34 bits per heavy atom. The van der Waals surface area contributed by atoms with Gasteiger partial charge in [-0.15, -0.1) is 0 Å². The number of nitrogens with zero attached hydrogens (tertiary/aromatic N) is 3.